The Morgan fingerprint density at radius 1 is 1.60 bits per heavy atom. The van der Waals surface area contributed by atoms with Crippen molar-refractivity contribution in [3.05, 3.63) is 26.9 Å². The Kier molecular flexibility index (Phi) is 3.08. The summed E-state index contributed by atoms with van der Waals surface area (Å²) in [5.74, 6) is 0.0481. The van der Waals surface area contributed by atoms with E-state index in [1.165, 1.54) is 10.9 Å². The molecule has 1 aliphatic heterocycles. The molecule has 4 N–H and O–H groups in total. The largest absolute Gasteiger partial charge is 0.469 e. The number of aromatic nitrogens is 4. The maximum absolute atomic E-state index is 11.7. The van der Waals surface area contributed by atoms with Crippen molar-refractivity contribution in [3.8, 4) is 0 Å². The number of anilines is 1. The molecular formula is C10H9Cl2N5O3. The van der Waals surface area contributed by atoms with Crippen LogP contribution in [0, 0.1) is 0 Å². The first-order chi connectivity index (χ1) is 9.47. The fourth-order valence-electron chi connectivity index (χ4n) is 2.07. The van der Waals surface area contributed by atoms with E-state index in [-0.39, 0.29) is 33.8 Å². The average Bonchev–Trinajstić information content (AvgIpc) is 2.92. The summed E-state index contributed by atoms with van der Waals surface area (Å²) in [7, 11) is 0. The Hall–Kier alpha value is -1.77. The van der Waals surface area contributed by atoms with Crippen molar-refractivity contribution < 1.29 is 9.84 Å². The SMILES string of the molecule is Nc1nc2c(ncn2[C@H]2C[C@H](O)C(=C(Cl)Cl)O2)c(=O)[nH]1. The number of halogens is 2. The molecule has 3 heterocycles. The molecule has 8 nitrogen and oxygen atoms in total. The Bertz CT molecular complexity index is 764. The van der Waals surface area contributed by atoms with Crippen LogP contribution in [-0.4, -0.2) is 30.7 Å². The van der Waals surface area contributed by atoms with Crippen LogP contribution < -0.4 is 11.3 Å². The van der Waals surface area contributed by atoms with E-state index in [2.05, 4.69) is 15.0 Å². The first kappa shape index (κ1) is 13.2. The van der Waals surface area contributed by atoms with Crippen LogP contribution in [-0.2, 0) is 4.74 Å². The standard InChI is InChI=1S/C10H9Cl2N5O3/c11-7(12)6-3(18)1-4(20-6)17-2-14-5-8(17)15-10(13)16-9(5)19/h2-4,18H,1H2,(H3,13,15,16,19)/t3-,4+/m0/s1. The number of fused-ring (bicyclic) bond motifs is 1. The van der Waals surface area contributed by atoms with Gasteiger partial charge in [-0.3, -0.25) is 14.3 Å². The number of rotatable bonds is 1. The van der Waals surface area contributed by atoms with Crippen LogP contribution in [0.15, 0.2) is 21.4 Å². The summed E-state index contributed by atoms with van der Waals surface area (Å²) in [5.41, 5.74) is 5.45. The van der Waals surface area contributed by atoms with Gasteiger partial charge >= 0.3 is 0 Å². The number of aliphatic hydroxyl groups is 1. The van der Waals surface area contributed by atoms with Crippen molar-refractivity contribution in [2.24, 2.45) is 0 Å². The molecule has 1 aliphatic rings. The fraction of sp³-hybridized carbons (Fsp3) is 0.300. The van der Waals surface area contributed by atoms with Gasteiger partial charge in [0.2, 0.25) is 5.95 Å². The van der Waals surface area contributed by atoms with E-state index < -0.39 is 17.9 Å². The molecular weight excluding hydrogens is 309 g/mol. The first-order valence-corrected chi connectivity index (χ1v) is 6.35. The quantitative estimate of drug-likeness (QED) is 0.709. The minimum absolute atomic E-state index is 0.0334. The molecule has 2 aromatic rings. The van der Waals surface area contributed by atoms with Crippen molar-refractivity contribution in [1.29, 1.82) is 0 Å². The van der Waals surface area contributed by atoms with Crippen LogP contribution in [0.2, 0.25) is 0 Å². The molecule has 0 spiro atoms. The van der Waals surface area contributed by atoms with Gasteiger partial charge in [0.1, 0.15) is 16.9 Å². The summed E-state index contributed by atoms with van der Waals surface area (Å²) in [6.07, 6.45) is 0.0421. The smallest absolute Gasteiger partial charge is 0.280 e. The molecule has 20 heavy (non-hydrogen) atoms. The number of hydrogen-bond donors (Lipinski definition) is 3. The Labute approximate surface area is 121 Å². The topological polar surface area (TPSA) is 119 Å². The van der Waals surface area contributed by atoms with E-state index in [1.54, 1.807) is 0 Å². The fourth-order valence-corrected chi connectivity index (χ4v) is 2.41. The van der Waals surface area contributed by atoms with E-state index >= 15 is 0 Å². The van der Waals surface area contributed by atoms with Crippen LogP contribution in [0.25, 0.3) is 11.2 Å². The zero-order chi connectivity index (χ0) is 14.4. The summed E-state index contributed by atoms with van der Waals surface area (Å²) in [6.45, 7) is 0. The molecule has 1 fully saturated rings. The lowest BCUT2D eigenvalue weighted by Crippen LogP contribution is -2.14. The van der Waals surface area contributed by atoms with Crippen LogP contribution in [0.5, 0.6) is 0 Å². The molecule has 2 atom stereocenters. The number of nitrogens with one attached hydrogen (secondary N) is 1. The number of ether oxygens (including phenoxy) is 1. The minimum Gasteiger partial charge on any atom is -0.469 e. The number of H-pyrrole nitrogens is 1. The molecule has 0 radical (unpaired) electrons. The van der Waals surface area contributed by atoms with Crippen LogP contribution in [0.3, 0.4) is 0 Å². The normalized spacial score (nSPS) is 22.2. The van der Waals surface area contributed by atoms with E-state index in [0.717, 1.165) is 0 Å². The third-order valence-electron chi connectivity index (χ3n) is 2.94. The van der Waals surface area contributed by atoms with Gasteiger partial charge in [0.15, 0.2) is 23.2 Å². The lowest BCUT2D eigenvalue weighted by atomic mass is 10.2. The highest BCUT2D eigenvalue weighted by Crippen LogP contribution is 2.36. The predicted octanol–water partition coefficient (Wildman–Crippen LogP) is 0.628. The lowest BCUT2D eigenvalue weighted by molar-refractivity contribution is 0.100. The number of nitrogen functional groups attached to an aromatic ring is 1. The molecule has 0 unspecified atom stereocenters. The van der Waals surface area contributed by atoms with Crippen molar-refractivity contribution in [1.82, 2.24) is 19.5 Å². The van der Waals surface area contributed by atoms with Gasteiger partial charge in [-0.1, -0.05) is 23.2 Å². The third kappa shape index (κ3) is 2.01. The zero-order valence-corrected chi connectivity index (χ0v) is 11.4. The number of aliphatic hydroxyl groups excluding tert-OH is 1. The predicted molar refractivity (Wildman–Crippen MR) is 72.0 cm³/mol. The average molecular weight is 318 g/mol. The highest BCUT2D eigenvalue weighted by Gasteiger charge is 2.34. The number of nitrogens with two attached hydrogens (primary N) is 1. The maximum atomic E-state index is 11.7. The molecule has 2 aromatic heterocycles. The molecule has 0 saturated carbocycles. The van der Waals surface area contributed by atoms with E-state index in [0.29, 0.717) is 0 Å². The summed E-state index contributed by atoms with van der Waals surface area (Å²) < 4.78 is 6.81. The Morgan fingerprint density at radius 3 is 3.00 bits per heavy atom. The van der Waals surface area contributed by atoms with Gasteiger partial charge in [-0.15, -0.1) is 0 Å². The van der Waals surface area contributed by atoms with Gasteiger partial charge in [-0.25, -0.2) is 4.98 Å². The second kappa shape index (κ2) is 4.65. The molecule has 3 rings (SSSR count). The molecule has 106 valence electrons. The van der Waals surface area contributed by atoms with Crippen LogP contribution in [0.4, 0.5) is 5.95 Å². The summed E-state index contributed by atoms with van der Waals surface area (Å²) in [4.78, 5) is 22.0. The summed E-state index contributed by atoms with van der Waals surface area (Å²) in [6, 6.07) is 0. The number of nitrogens with zero attached hydrogens (tertiary/aromatic N) is 3. The second-order valence-electron chi connectivity index (χ2n) is 4.22. The summed E-state index contributed by atoms with van der Waals surface area (Å²) >= 11 is 11.2. The van der Waals surface area contributed by atoms with E-state index in [1.807, 2.05) is 0 Å². The van der Waals surface area contributed by atoms with Crippen molar-refractivity contribution >= 4 is 40.3 Å². The van der Waals surface area contributed by atoms with Gasteiger partial charge in [-0.05, 0) is 0 Å². The Morgan fingerprint density at radius 2 is 2.35 bits per heavy atom. The number of aromatic amines is 1. The minimum atomic E-state index is -0.929. The van der Waals surface area contributed by atoms with Gasteiger partial charge in [0.25, 0.3) is 5.56 Å². The van der Waals surface area contributed by atoms with Gasteiger partial charge in [0, 0.05) is 6.42 Å². The maximum Gasteiger partial charge on any atom is 0.280 e. The first-order valence-electron chi connectivity index (χ1n) is 5.59. The van der Waals surface area contributed by atoms with E-state index in [4.69, 9.17) is 33.7 Å². The van der Waals surface area contributed by atoms with Crippen molar-refractivity contribution in [2.75, 3.05) is 5.73 Å². The molecule has 0 aliphatic carbocycles. The van der Waals surface area contributed by atoms with Crippen molar-refractivity contribution in [2.45, 2.75) is 18.8 Å². The zero-order valence-electron chi connectivity index (χ0n) is 9.88. The molecule has 0 amide bonds. The van der Waals surface area contributed by atoms with Gasteiger partial charge < -0.3 is 15.6 Å². The third-order valence-corrected chi connectivity index (χ3v) is 3.31. The summed E-state index contributed by atoms with van der Waals surface area (Å²) in [5, 5.41) is 9.81. The highest BCUT2D eigenvalue weighted by atomic mass is 35.5. The Balaban J connectivity index is 2.09. The van der Waals surface area contributed by atoms with Crippen molar-refractivity contribution in [3.63, 3.8) is 0 Å². The number of hydrogen-bond acceptors (Lipinski definition) is 6. The van der Waals surface area contributed by atoms with Gasteiger partial charge in [-0.2, -0.15) is 4.98 Å². The lowest BCUT2D eigenvalue weighted by Gasteiger charge is -2.12. The second-order valence-corrected chi connectivity index (χ2v) is 5.17. The highest BCUT2D eigenvalue weighted by molar-refractivity contribution is 6.56. The molecule has 10 heteroatoms. The number of imidazole rings is 1. The van der Waals surface area contributed by atoms with Crippen LogP contribution >= 0.6 is 23.2 Å². The monoisotopic (exact) mass is 317 g/mol. The van der Waals surface area contributed by atoms with Gasteiger partial charge in [0.05, 0.1) is 0 Å². The molecule has 1 saturated heterocycles. The van der Waals surface area contributed by atoms with Crippen LogP contribution in [0.1, 0.15) is 12.6 Å². The molecule has 0 bridgehead atoms. The molecule has 0 aromatic carbocycles. The van der Waals surface area contributed by atoms with E-state index in [9.17, 15) is 9.90 Å².